The fourth-order valence-corrected chi connectivity index (χ4v) is 4.03. The van der Waals surface area contributed by atoms with Gasteiger partial charge in [0.1, 0.15) is 0 Å². The average Bonchev–Trinajstić information content (AvgIpc) is 2.72. The quantitative estimate of drug-likeness (QED) is 0.740. The first-order valence-electron chi connectivity index (χ1n) is 10.3. The van der Waals surface area contributed by atoms with Crippen molar-refractivity contribution in [1.82, 2.24) is 4.90 Å². The van der Waals surface area contributed by atoms with Gasteiger partial charge < -0.3 is 10.2 Å². The monoisotopic (exact) mass is 378 g/mol. The van der Waals surface area contributed by atoms with Crippen LogP contribution in [0.3, 0.4) is 0 Å². The number of amides is 2. The maximum atomic E-state index is 13.4. The van der Waals surface area contributed by atoms with Crippen molar-refractivity contribution in [2.75, 3.05) is 5.32 Å². The Labute approximate surface area is 167 Å². The van der Waals surface area contributed by atoms with Crippen LogP contribution in [0.4, 0.5) is 5.69 Å². The van der Waals surface area contributed by atoms with Crippen molar-refractivity contribution >= 4 is 17.5 Å². The highest BCUT2D eigenvalue weighted by atomic mass is 16.2. The third-order valence-corrected chi connectivity index (χ3v) is 5.59. The molecule has 4 nitrogen and oxygen atoms in total. The fourth-order valence-electron chi connectivity index (χ4n) is 4.03. The molecule has 1 unspecified atom stereocenters. The first-order chi connectivity index (χ1) is 13.5. The molecule has 4 heteroatoms. The second-order valence-electron chi connectivity index (χ2n) is 7.77. The van der Waals surface area contributed by atoms with Crippen LogP contribution >= 0.6 is 0 Å². The van der Waals surface area contributed by atoms with Gasteiger partial charge in [0.05, 0.1) is 6.04 Å². The van der Waals surface area contributed by atoms with Crippen LogP contribution in [0.2, 0.25) is 0 Å². The van der Waals surface area contributed by atoms with Gasteiger partial charge in [0.2, 0.25) is 11.8 Å². The molecule has 0 aliphatic heterocycles. The van der Waals surface area contributed by atoms with Crippen molar-refractivity contribution in [2.24, 2.45) is 5.92 Å². The standard InChI is InChI=1S/C24H30N2O2/c1-18(22-14-9-15-23(16-22)25-19(2)27)26(17-20-10-5-3-6-11-20)24(28)21-12-7-4-8-13-21/h3,5-6,9-11,14-16,18,21H,4,7-8,12-13,17H2,1-2H3,(H,25,27). The number of nitrogens with one attached hydrogen (secondary N) is 1. The van der Waals surface area contributed by atoms with E-state index in [1.807, 2.05) is 47.4 Å². The summed E-state index contributed by atoms with van der Waals surface area (Å²) in [5, 5.41) is 2.84. The Morgan fingerprint density at radius 3 is 2.43 bits per heavy atom. The number of hydrogen-bond donors (Lipinski definition) is 1. The van der Waals surface area contributed by atoms with Crippen LogP contribution in [0.25, 0.3) is 0 Å². The van der Waals surface area contributed by atoms with Gasteiger partial charge in [-0.25, -0.2) is 0 Å². The molecule has 1 atom stereocenters. The van der Waals surface area contributed by atoms with E-state index in [9.17, 15) is 9.59 Å². The minimum Gasteiger partial charge on any atom is -0.331 e. The van der Waals surface area contributed by atoms with Gasteiger partial charge in [0.25, 0.3) is 0 Å². The summed E-state index contributed by atoms with van der Waals surface area (Å²) in [6.07, 6.45) is 5.49. The number of carbonyl (C=O) groups is 2. The van der Waals surface area contributed by atoms with E-state index in [0.717, 1.165) is 42.5 Å². The smallest absolute Gasteiger partial charge is 0.226 e. The van der Waals surface area contributed by atoms with Gasteiger partial charge in [-0.2, -0.15) is 0 Å². The zero-order chi connectivity index (χ0) is 19.9. The summed E-state index contributed by atoms with van der Waals surface area (Å²) in [6.45, 7) is 4.18. The molecule has 3 rings (SSSR count). The van der Waals surface area contributed by atoms with E-state index in [4.69, 9.17) is 0 Å². The molecule has 0 saturated heterocycles. The van der Waals surface area contributed by atoms with Gasteiger partial charge in [-0.1, -0.05) is 61.7 Å². The summed E-state index contributed by atoms with van der Waals surface area (Å²) in [4.78, 5) is 26.9. The Kier molecular flexibility index (Phi) is 6.85. The number of carbonyl (C=O) groups excluding carboxylic acids is 2. The van der Waals surface area contributed by atoms with Crippen LogP contribution in [-0.4, -0.2) is 16.7 Å². The molecule has 0 bridgehead atoms. The second kappa shape index (κ2) is 9.54. The van der Waals surface area contributed by atoms with Gasteiger partial charge >= 0.3 is 0 Å². The van der Waals surface area contributed by atoms with Crippen molar-refractivity contribution in [1.29, 1.82) is 0 Å². The first kappa shape index (κ1) is 20.1. The predicted octanol–water partition coefficient (Wildman–Crippen LogP) is 5.32. The van der Waals surface area contributed by atoms with Crippen molar-refractivity contribution in [3.63, 3.8) is 0 Å². The van der Waals surface area contributed by atoms with E-state index in [2.05, 4.69) is 24.4 Å². The lowest BCUT2D eigenvalue weighted by Crippen LogP contribution is -2.38. The Bertz CT molecular complexity index is 797. The molecule has 1 aliphatic rings. The number of rotatable bonds is 6. The molecular formula is C24H30N2O2. The van der Waals surface area contributed by atoms with E-state index >= 15 is 0 Å². The van der Waals surface area contributed by atoms with E-state index in [0.29, 0.717) is 6.54 Å². The van der Waals surface area contributed by atoms with E-state index in [1.54, 1.807) is 0 Å². The highest BCUT2D eigenvalue weighted by molar-refractivity contribution is 5.88. The van der Waals surface area contributed by atoms with E-state index in [1.165, 1.54) is 13.3 Å². The molecule has 1 saturated carbocycles. The van der Waals surface area contributed by atoms with Gasteiger partial charge in [-0.3, -0.25) is 9.59 Å². The molecule has 1 fully saturated rings. The summed E-state index contributed by atoms with van der Waals surface area (Å²) < 4.78 is 0. The molecule has 1 aliphatic carbocycles. The Hall–Kier alpha value is -2.62. The van der Waals surface area contributed by atoms with Crippen LogP contribution in [0.1, 0.15) is 63.1 Å². The molecular weight excluding hydrogens is 348 g/mol. The third-order valence-electron chi connectivity index (χ3n) is 5.59. The maximum Gasteiger partial charge on any atom is 0.226 e. The van der Waals surface area contributed by atoms with Crippen LogP contribution in [0, 0.1) is 5.92 Å². The molecule has 148 valence electrons. The third kappa shape index (κ3) is 5.22. The zero-order valence-electron chi connectivity index (χ0n) is 16.9. The summed E-state index contributed by atoms with van der Waals surface area (Å²) in [5.74, 6) is 0.281. The largest absolute Gasteiger partial charge is 0.331 e. The predicted molar refractivity (Wildman–Crippen MR) is 113 cm³/mol. The second-order valence-corrected chi connectivity index (χ2v) is 7.77. The van der Waals surface area contributed by atoms with Crippen molar-refractivity contribution in [2.45, 2.75) is 58.5 Å². The van der Waals surface area contributed by atoms with Gasteiger partial charge in [-0.15, -0.1) is 0 Å². The number of anilines is 1. The normalized spacial score (nSPS) is 15.6. The summed E-state index contributed by atoms with van der Waals surface area (Å²) >= 11 is 0. The molecule has 2 amide bonds. The number of hydrogen-bond acceptors (Lipinski definition) is 2. The van der Waals surface area contributed by atoms with E-state index in [-0.39, 0.29) is 23.8 Å². The van der Waals surface area contributed by atoms with Gasteiger partial charge in [0.15, 0.2) is 0 Å². The lowest BCUT2D eigenvalue weighted by molar-refractivity contribution is -0.139. The Morgan fingerprint density at radius 1 is 1.04 bits per heavy atom. The molecule has 0 radical (unpaired) electrons. The Balaban J connectivity index is 1.86. The highest BCUT2D eigenvalue weighted by Gasteiger charge is 2.29. The molecule has 0 heterocycles. The summed E-state index contributed by atoms with van der Waals surface area (Å²) in [6, 6.07) is 17.9. The Morgan fingerprint density at radius 2 is 1.75 bits per heavy atom. The van der Waals surface area contributed by atoms with Crippen LogP contribution in [-0.2, 0) is 16.1 Å². The SMILES string of the molecule is CC(=O)Nc1cccc(C(C)N(Cc2ccccc2)C(=O)C2CCCCC2)c1. The summed E-state index contributed by atoms with van der Waals surface area (Å²) in [5.41, 5.74) is 2.93. The molecule has 2 aromatic rings. The van der Waals surface area contributed by atoms with Crippen molar-refractivity contribution < 1.29 is 9.59 Å². The minimum absolute atomic E-state index is 0.0664. The maximum absolute atomic E-state index is 13.4. The molecule has 2 aromatic carbocycles. The number of benzene rings is 2. The number of nitrogens with zero attached hydrogens (tertiary/aromatic N) is 1. The van der Waals surface area contributed by atoms with Crippen molar-refractivity contribution in [3.8, 4) is 0 Å². The first-order valence-corrected chi connectivity index (χ1v) is 10.3. The van der Waals surface area contributed by atoms with Crippen molar-refractivity contribution in [3.05, 3.63) is 65.7 Å². The van der Waals surface area contributed by atoms with Gasteiger partial charge in [0, 0.05) is 25.1 Å². The average molecular weight is 379 g/mol. The molecule has 1 N–H and O–H groups in total. The lowest BCUT2D eigenvalue weighted by Gasteiger charge is -2.34. The topological polar surface area (TPSA) is 49.4 Å². The van der Waals surface area contributed by atoms with Crippen LogP contribution in [0.15, 0.2) is 54.6 Å². The fraction of sp³-hybridized carbons (Fsp3) is 0.417. The van der Waals surface area contributed by atoms with E-state index < -0.39 is 0 Å². The zero-order valence-corrected chi connectivity index (χ0v) is 16.9. The van der Waals surface area contributed by atoms with Crippen LogP contribution in [0.5, 0.6) is 0 Å². The molecule has 0 aromatic heterocycles. The van der Waals surface area contributed by atoms with Crippen LogP contribution < -0.4 is 5.32 Å². The molecule has 0 spiro atoms. The lowest BCUT2D eigenvalue weighted by atomic mass is 9.87. The minimum atomic E-state index is -0.0933. The molecule has 28 heavy (non-hydrogen) atoms. The highest BCUT2D eigenvalue weighted by Crippen LogP contribution is 2.31. The summed E-state index contributed by atoms with van der Waals surface area (Å²) in [7, 11) is 0. The van der Waals surface area contributed by atoms with Gasteiger partial charge in [-0.05, 0) is 43.0 Å².